The van der Waals surface area contributed by atoms with Crippen molar-refractivity contribution >= 4 is 29.3 Å². The van der Waals surface area contributed by atoms with Gasteiger partial charge in [0.2, 0.25) is 0 Å². The first kappa shape index (κ1) is 13.9. The monoisotopic (exact) mass is 289 g/mol. The highest BCUT2D eigenvalue weighted by Crippen LogP contribution is 2.16. The van der Waals surface area contributed by atoms with E-state index in [2.05, 4.69) is 15.3 Å². The highest BCUT2D eigenvalue weighted by molar-refractivity contribution is 7.11. The van der Waals surface area contributed by atoms with Crippen molar-refractivity contribution in [3.05, 3.63) is 52.2 Å². The van der Waals surface area contributed by atoms with Gasteiger partial charge in [0.05, 0.1) is 17.8 Å². The molecule has 102 valence electrons. The minimum atomic E-state index is -1.02. The topological polar surface area (TPSA) is 92.2 Å². The molecule has 1 amide bonds. The second-order valence-corrected chi connectivity index (χ2v) is 4.74. The number of nitrogens with one attached hydrogen (secondary N) is 1. The van der Waals surface area contributed by atoms with E-state index in [9.17, 15) is 9.59 Å². The average Bonchev–Trinajstić information content (AvgIpc) is 2.92. The van der Waals surface area contributed by atoms with Gasteiger partial charge < -0.3 is 10.4 Å². The first-order valence-corrected chi connectivity index (χ1v) is 6.56. The first-order chi connectivity index (χ1) is 9.65. The summed E-state index contributed by atoms with van der Waals surface area (Å²) >= 11 is 1.30. The molecule has 20 heavy (non-hydrogen) atoms. The fourth-order valence-electron chi connectivity index (χ4n) is 1.41. The van der Waals surface area contributed by atoms with Crippen molar-refractivity contribution in [2.24, 2.45) is 0 Å². The summed E-state index contributed by atoms with van der Waals surface area (Å²) < 4.78 is 0. The molecule has 2 aromatic rings. The zero-order valence-corrected chi connectivity index (χ0v) is 11.1. The van der Waals surface area contributed by atoms with Gasteiger partial charge in [-0.25, -0.2) is 14.8 Å². The van der Waals surface area contributed by atoms with Crippen LogP contribution in [0.25, 0.3) is 6.08 Å². The number of nitrogens with zero attached hydrogens (tertiary/aromatic N) is 2. The molecule has 0 saturated heterocycles. The third-order valence-electron chi connectivity index (χ3n) is 2.35. The molecule has 0 aromatic carbocycles. The average molecular weight is 289 g/mol. The normalized spacial score (nSPS) is 10.6. The van der Waals surface area contributed by atoms with Crippen molar-refractivity contribution in [3.8, 4) is 0 Å². The van der Waals surface area contributed by atoms with Crippen LogP contribution >= 0.6 is 11.3 Å². The number of aliphatic carboxylic acids is 1. The second kappa shape index (κ2) is 6.58. The Kier molecular flexibility index (Phi) is 4.56. The number of hydrogen-bond acceptors (Lipinski definition) is 5. The van der Waals surface area contributed by atoms with Crippen LogP contribution in [0.3, 0.4) is 0 Å². The maximum absolute atomic E-state index is 11.9. The second-order valence-electron chi connectivity index (χ2n) is 3.79. The van der Waals surface area contributed by atoms with Crippen LogP contribution in [0.4, 0.5) is 0 Å². The van der Waals surface area contributed by atoms with Gasteiger partial charge in [-0.2, -0.15) is 0 Å². The van der Waals surface area contributed by atoms with Crippen LogP contribution in [0.5, 0.6) is 0 Å². The summed E-state index contributed by atoms with van der Waals surface area (Å²) in [7, 11) is 0. The quantitative estimate of drug-likeness (QED) is 0.815. The number of carbonyl (C=O) groups is 2. The Balaban J connectivity index is 1.94. The lowest BCUT2D eigenvalue weighted by Gasteiger charge is -2.02. The van der Waals surface area contributed by atoms with Crippen molar-refractivity contribution in [1.82, 2.24) is 15.3 Å². The number of carboxylic acids is 1. The maximum atomic E-state index is 11.9. The van der Waals surface area contributed by atoms with Crippen molar-refractivity contribution in [2.45, 2.75) is 6.54 Å². The smallest absolute Gasteiger partial charge is 0.328 e. The van der Waals surface area contributed by atoms with Gasteiger partial charge >= 0.3 is 5.97 Å². The van der Waals surface area contributed by atoms with E-state index in [0.717, 1.165) is 11.8 Å². The highest BCUT2D eigenvalue weighted by Gasteiger charge is 2.07. The van der Waals surface area contributed by atoms with Crippen molar-refractivity contribution < 1.29 is 14.7 Å². The minimum Gasteiger partial charge on any atom is -0.478 e. The number of hydrogen-bond donors (Lipinski definition) is 2. The Labute approximate surface area is 118 Å². The van der Waals surface area contributed by atoms with E-state index in [1.807, 2.05) is 0 Å². The molecule has 0 fully saturated rings. The highest BCUT2D eigenvalue weighted by atomic mass is 32.1. The lowest BCUT2D eigenvalue weighted by atomic mass is 10.2. The van der Waals surface area contributed by atoms with Crippen LogP contribution in [0, 0.1) is 0 Å². The van der Waals surface area contributed by atoms with E-state index in [1.54, 1.807) is 23.7 Å². The molecule has 2 heterocycles. The summed E-state index contributed by atoms with van der Waals surface area (Å²) in [5, 5.41) is 12.9. The molecular weight excluding hydrogens is 278 g/mol. The largest absolute Gasteiger partial charge is 0.478 e. The summed E-state index contributed by atoms with van der Waals surface area (Å²) in [4.78, 5) is 30.8. The summed E-state index contributed by atoms with van der Waals surface area (Å²) in [6.07, 6.45) is 5.51. The van der Waals surface area contributed by atoms with Crippen LogP contribution in [0.15, 0.2) is 36.1 Å². The van der Waals surface area contributed by atoms with E-state index in [4.69, 9.17) is 5.11 Å². The first-order valence-electron chi connectivity index (χ1n) is 5.68. The van der Waals surface area contributed by atoms with E-state index in [1.165, 1.54) is 23.7 Å². The zero-order valence-electron chi connectivity index (χ0n) is 10.3. The number of rotatable bonds is 5. The molecule has 2 N–H and O–H groups in total. The van der Waals surface area contributed by atoms with Crippen molar-refractivity contribution in [3.63, 3.8) is 0 Å². The maximum Gasteiger partial charge on any atom is 0.328 e. The summed E-state index contributed by atoms with van der Waals surface area (Å²) in [5.74, 6) is -1.25. The molecule has 2 rings (SSSR count). The van der Waals surface area contributed by atoms with Crippen LogP contribution in [-0.4, -0.2) is 27.0 Å². The van der Waals surface area contributed by atoms with Crippen LogP contribution < -0.4 is 5.32 Å². The Morgan fingerprint density at radius 1 is 1.45 bits per heavy atom. The summed E-state index contributed by atoms with van der Waals surface area (Å²) in [6, 6.07) is 3.36. The van der Waals surface area contributed by atoms with Gasteiger partial charge in [-0.1, -0.05) is 0 Å². The SMILES string of the molecule is O=C(O)/C=C/c1cc(C(=O)NCc2ccncn2)cs1. The van der Waals surface area contributed by atoms with Gasteiger partial charge in [0.1, 0.15) is 6.33 Å². The molecule has 0 unspecified atom stereocenters. The van der Waals surface area contributed by atoms with Gasteiger partial charge in [0, 0.05) is 22.5 Å². The molecule has 2 aromatic heterocycles. The van der Waals surface area contributed by atoms with E-state index >= 15 is 0 Å². The Morgan fingerprint density at radius 2 is 2.30 bits per heavy atom. The van der Waals surface area contributed by atoms with Gasteiger partial charge in [-0.05, 0) is 18.2 Å². The fraction of sp³-hybridized carbons (Fsp3) is 0.0769. The lowest BCUT2D eigenvalue weighted by molar-refractivity contribution is -0.131. The molecule has 0 aliphatic rings. The van der Waals surface area contributed by atoms with Gasteiger partial charge in [0.25, 0.3) is 5.91 Å². The van der Waals surface area contributed by atoms with Crippen LogP contribution in [-0.2, 0) is 11.3 Å². The molecule has 6 nitrogen and oxygen atoms in total. The number of thiophene rings is 1. The van der Waals surface area contributed by atoms with Crippen molar-refractivity contribution in [1.29, 1.82) is 0 Å². The molecule has 7 heteroatoms. The molecule has 0 radical (unpaired) electrons. The fourth-order valence-corrected chi connectivity index (χ4v) is 2.19. The van der Waals surface area contributed by atoms with E-state index in [0.29, 0.717) is 17.0 Å². The molecule has 0 bridgehead atoms. The number of amides is 1. The van der Waals surface area contributed by atoms with Gasteiger partial charge in [-0.3, -0.25) is 4.79 Å². The van der Waals surface area contributed by atoms with Crippen molar-refractivity contribution in [2.75, 3.05) is 0 Å². The molecular formula is C13H11N3O3S. The third kappa shape index (κ3) is 3.99. The Morgan fingerprint density at radius 3 is 3.00 bits per heavy atom. The zero-order chi connectivity index (χ0) is 14.4. The molecule has 0 aliphatic carbocycles. The number of aromatic nitrogens is 2. The molecule has 0 aliphatic heterocycles. The molecule has 0 atom stereocenters. The van der Waals surface area contributed by atoms with Crippen LogP contribution in [0.1, 0.15) is 20.9 Å². The Bertz CT molecular complexity index is 637. The van der Waals surface area contributed by atoms with E-state index in [-0.39, 0.29) is 5.91 Å². The van der Waals surface area contributed by atoms with Gasteiger partial charge in [-0.15, -0.1) is 11.3 Å². The van der Waals surface area contributed by atoms with Crippen LogP contribution in [0.2, 0.25) is 0 Å². The minimum absolute atomic E-state index is 0.227. The van der Waals surface area contributed by atoms with Gasteiger partial charge in [0.15, 0.2) is 0 Å². The number of carboxylic acid groups (broad SMARTS) is 1. The predicted octanol–water partition coefficient (Wildman–Crippen LogP) is 1.57. The third-order valence-corrected chi connectivity index (χ3v) is 3.24. The standard InChI is InChI=1S/C13H11N3O3S/c17-12(18)2-1-11-5-9(7-20-11)13(19)15-6-10-3-4-14-8-16-10/h1-5,7-8H,6H2,(H,15,19)(H,17,18)/b2-1+. The lowest BCUT2D eigenvalue weighted by Crippen LogP contribution is -2.22. The molecule has 0 saturated carbocycles. The Hall–Kier alpha value is -2.54. The summed E-state index contributed by atoms with van der Waals surface area (Å²) in [6.45, 7) is 0.317. The van der Waals surface area contributed by atoms with E-state index < -0.39 is 5.97 Å². The molecule has 0 spiro atoms. The summed E-state index contributed by atoms with van der Waals surface area (Å²) in [5.41, 5.74) is 1.21. The predicted molar refractivity (Wildman–Crippen MR) is 74.2 cm³/mol. The number of carbonyl (C=O) groups excluding carboxylic acids is 1.